The first-order chi connectivity index (χ1) is 6.95. The molecule has 0 nitrogen and oxygen atoms in total. The maximum absolute atomic E-state index is 2.45. The topological polar surface area (TPSA) is 0 Å². The summed E-state index contributed by atoms with van der Waals surface area (Å²) in [5.41, 5.74) is 0. The van der Waals surface area contributed by atoms with Crippen molar-refractivity contribution in [3.63, 3.8) is 0 Å². The lowest BCUT2D eigenvalue weighted by Gasteiger charge is -2.33. The molecular weight excluding hydrogens is 180 g/mol. The highest BCUT2D eigenvalue weighted by Crippen LogP contribution is 2.33. The van der Waals surface area contributed by atoms with E-state index in [4.69, 9.17) is 0 Å². The van der Waals surface area contributed by atoms with Gasteiger partial charge in [0.2, 0.25) is 0 Å². The van der Waals surface area contributed by atoms with Gasteiger partial charge in [-0.15, -0.1) is 0 Å². The summed E-state index contributed by atoms with van der Waals surface area (Å²) in [6.07, 6.45) is 4.04. The Hall–Kier alpha value is 0. The molecule has 5 atom stereocenters. The summed E-state index contributed by atoms with van der Waals surface area (Å²) in [6, 6.07) is 0. The third-order valence-corrected chi connectivity index (χ3v) is 4.84. The molecule has 0 heterocycles. The van der Waals surface area contributed by atoms with Crippen LogP contribution in [0.2, 0.25) is 0 Å². The van der Waals surface area contributed by atoms with Crippen LogP contribution in [0.3, 0.4) is 0 Å². The van der Waals surface area contributed by atoms with E-state index in [0.717, 1.165) is 29.6 Å². The summed E-state index contributed by atoms with van der Waals surface area (Å²) < 4.78 is 0. The molecule has 0 bridgehead atoms. The molecule has 0 heteroatoms. The maximum atomic E-state index is 2.45. The molecular formula is C15H32. The molecule has 0 saturated carbocycles. The highest BCUT2D eigenvalue weighted by Gasteiger charge is 2.25. The van der Waals surface area contributed by atoms with Crippen molar-refractivity contribution in [2.45, 2.75) is 67.7 Å². The molecule has 0 aromatic rings. The lowest BCUT2D eigenvalue weighted by molar-refractivity contribution is 0.161. The predicted molar refractivity (Wildman–Crippen MR) is 71.0 cm³/mol. The van der Waals surface area contributed by atoms with Crippen molar-refractivity contribution in [2.24, 2.45) is 29.6 Å². The molecule has 0 fully saturated rings. The molecule has 0 spiro atoms. The van der Waals surface area contributed by atoms with Crippen molar-refractivity contribution in [1.82, 2.24) is 0 Å². The van der Waals surface area contributed by atoms with Gasteiger partial charge in [-0.2, -0.15) is 0 Å². The van der Waals surface area contributed by atoms with Crippen LogP contribution in [0.1, 0.15) is 67.7 Å². The standard InChI is InChI=1S/C15H32/c1-8-10-12(4)14(6)15(7)13(5)11(3)9-2/h11-15H,8-10H2,1-7H3/t11-,12-,13+,14?,15-/m0/s1. The third kappa shape index (κ3) is 4.57. The van der Waals surface area contributed by atoms with Gasteiger partial charge in [-0.05, 0) is 29.6 Å². The molecule has 0 aromatic heterocycles. The summed E-state index contributed by atoms with van der Waals surface area (Å²) in [7, 11) is 0. The van der Waals surface area contributed by atoms with Gasteiger partial charge < -0.3 is 0 Å². The third-order valence-electron chi connectivity index (χ3n) is 4.84. The minimum atomic E-state index is 0.862. The van der Waals surface area contributed by atoms with Crippen LogP contribution < -0.4 is 0 Å². The Balaban J connectivity index is 4.22. The first-order valence-electron chi connectivity index (χ1n) is 6.95. The van der Waals surface area contributed by atoms with Crippen LogP contribution in [0.25, 0.3) is 0 Å². The first-order valence-corrected chi connectivity index (χ1v) is 6.95. The fourth-order valence-corrected chi connectivity index (χ4v) is 2.61. The van der Waals surface area contributed by atoms with Crippen molar-refractivity contribution in [3.8, 4) is 0 Å². The molecule has 0 aromatic carbocycles. The van der Waals surface area contributed by atoms with E-state index in [2.05, 4.69) is 48.5 Å². The second kappa shape index (κ2) is 7.30. The molecule has 0 N–H and O–H groups in total. The SMILES string of the molecule is CCC[C@H](C)C(C)[C@@H](C)[C@H](C)[C@@H](C)CC. The Bertz CT molecular complexity index is 150. The van der Waals surface area contributed by atoms with E-state index < -0.39 is 0 Å². The van der Waals surface area contributed by atoms with Crippen LogP contribution in [0.15, 0.2) is 0 Å². The molecule has 0 aliphatic rings. The van der Waals surface area contributed by atoms with Crippen LogP contribution in [-0.2, 0) is 0 Å². The van der Waals surface area contributed by atoms with E-state index in [9.17, 15) is 0 Å². The van der Waals surface area contributed by atoms with Crippen LogP contribution >= 0.6 is 0 Å². The quantitative estimate of drug-likeness (QED) is 0.531. The summed E-state index contributed by atoms with van der Waals surface area (Å²) in [6.45, 7) is 16.8. The number of rotatable bonds is 7. The maximum Gasteiger partial charge on any atom is -0.0386 e. The van der Waals surface area contributed by atoms with Gasteiger partial charge in [-0.25, -0.2) is 0 Å². The Morgan fingerprint density at radius 1 is 0.667 bits per heavy atom. The van der Waals surface area contributed by atoms with Crippen molar-refractivity contribution in [3.05, 3.63) is 0 Å². The molecule has 15 heavy (non-hydrogen) atoms. The van der Waals surface area contributed by atoms with Crippen molar-refractivity contribution in [1.29, 1.82) is 0 Å². The molecule has 92 valence electrons. The van der Waals surface area contributed by atoms with E-state index in [-0.39, 0.29) is 0 Å². The van der Waals surface area contributed by atoms with Gasteiger partial charge in [0, 0.05) is 0 Å². The van der Waals surface area contributed by atoms with Gasteiger partial charge in [0.25, 0.3) is 0 Å². The van der Waals surface area contributed by atoms with Crippen molar-refractivity contribution in [2.75, 3.05) is 0 Å². The second-order valence-corrected chi connectivity index (χ2v) is 5.73. The molecule has 0 radical (unpaired) electrons. The van der Waals surface area contributed by atoms with Crippen molar-refractivity contribution >= 4 is 0 Å². The minimum absolute atomic E-state index is 0.862. The van der Waals surface area contributed by atoms with E-state index >= 15 is 0 Å². The average Bonchev–Trinajstić information content (AvgIpc) is 2.25. The summed E-state index contributed by atoms with van der Waals surface area (Å²) in [4.78, 5) is 0. The normalized spacial score (nSPS) is 21.8. The van der Waals surface area contributed by atoms with Crippen LogP contribution in [0.4, 0.5) is 0 Å². The fraction of sp³-hybridized carbons (Fsp3) is 1.00. The Labute approximate surface area is 97.8 Å². The monoisotopic (exact) mass is 212 g/mol. The summed E-state index contributed by atoms with van der Waals surface area (Å²) in [5, 5.41) is 0. The molecule has 1 unspecified atom stereocenters. The first kappa shape index (κ1) is 15.0. The van der Waals surface area contributed by atoms with Gasteiger partial charge >= 0.3 is 0 Å². The Morgan fingerprint density at radius 3 is 1.53 bits per heavy atom. The highest BCUT2D eigenvalue weighted by atomic mass is 14.3. The van der Waals surface area contributed by atoms with Gasteiger partial charge in [0.1, 0.15) is 0 Å². The van der Waals surface area contributed by atoms with Crippen LogP contribution in [0, 0.1) is 29.6 Å². The molecule has 0 rings (SSSR count). The average molecular weight is 212 g/mol. The summed E-state index contributed by atoms with van der Waals surface area (Å²) in [5.74, 6) is 4.35. The number of hydrogen-bond donors (Lipinski definition) is 0. The zero-order chi connectivity index (χ0) is 12.0. The minimum Gasteiger partial charge on any atom is -0.0654 e. The Morgan fingerprint density at radius 2 is 1.13 bits per heavy atom. The zero-order valence-electron chi connectivity index (χ0n) is 12.0. The molecule has 0 saturated heterocycles. The van der Waals surface area contributed by atoms with E-state index in [1.54, 1.807) is 0 Å². The van der Waals surface area contributed by atoms with E-state index in [1.165, 1.54) is 19.3 Å². The lowest BCUT2D eigenvalue weighted by Crippen LogP contribution is -2.26. The van der Waals surface area contributed by atoms with Gasteiger partial charge in [0.15, 0.2) is 0 Å². The number of hydrogen-bond acceptors (Lipinski definition) is 0. The van der Waals surface area contributed by atoms with E-state index in [0.29, 0.717) is 0 Å². The molecule has 0 aliphatic carbocycles. The predicted octanol–water partition coefficient (Wildman–Crippen LogP) is 5.38. The zero-order valence-corrected chi connectivity index (χ0v) is 12.0. The van der Waals surface area contributed by atoms with Crippen molar-refractivity contribution < 1.29 is 0 Å². The van der Waals surface area contributed by atoms with Gasteiger partial charge in [-0.3, -0.25) is 0 Å². The van der Waals surface area contributed by atoms with Crippen LogP contribution in [-0.4, -0.2) is 0 Å². The smallest absolute Gasteiger partial charge is 0.0386 e. The fourth-order valence-electron chi connectivity index (χ4n) is 2.61. The molecule has 0 aliphatic heterocycles. The van der Waals surface area contributed by atoms with Gasteiger partial charge in [-0.1, -0.05) is 67.7 Å². The van der Waals surface area contributed by atoms with Crippen LogP contribution in [0.5, 0.6) is 0 Å². The highest BCUT2D eigenvalue weighted by molar-refractivity contribution is 4.75. The summed E-state index contributed by atoms with van der Waals surface area (Å²) >= 11 is 0. The van der Waals surface area contributed by atoms with Gasteiger partial charge in [0.05, 0.1) is 0 Å². The largest absolute Gasteiger partial charge is 0.0654 e. The lowest BCUT2D eigenvalue weighted by atomic mass is 9.72. The van der Waals surface area contributed by atoms with E-state index in [1.807, 2.05) is 0 Å². The molecule has 0 amide bonds. The second-order valence-electron chi connectivity index (χ2n) is 5.73. The Kier molecular flexibility index (Phi) is 7.30.